The Bertz CT molecular complexity index is 539. The molecule has 1 heterocycles. The van der Waals surface area contributed by atoms with Crippen LogP contribution in [0.5, 0.6) is 0 Å². The molecule has 0 saturated carbocycles. The van der Waals surface area contributed by atoms with Crippen LogP contribution >= 0.6 is 0 Å². The van der Waals surface area contributed by atoms with E-state index < -0.39 is 11.6 Å². The Balaban J connectivity index is 2.47. The summed E-state index contributed by atoms with van der Waals surface area (Å²) in [4.78, 5) is 1.27. The lowest BCUT2D eigenvalue weighted by Crippen LogP contribution is -2.00. The zero-order valence-corrected chi connectivity index (χ0v) is 7.74. The number of halogens is 2. The van der Waals surface area contributed by atoms with Gasteiger partial charge in [-0.25, -0.2) is 8.78 Å². The summed E-state index contributed by atoms with van der Waals surface area (Å²) in [7, 11) is 0. The zero-order valence-electron chi connectivity index (χ0n) is 7.74. The van der Waals surface area contributed by atoms with Gasteiger partial charge in [0, 0.05) is 18.6 Å². The van der Waals surface area contributed by atoms with Crippen LogP contribution in [-0.2, 0) is 6.54 Å². The van der Waals surface area contributed by atoms with E-state index in [0.717, 1.165) is 12.1 Å². The fourth-order valence-electron chi connectivity index (χ4n) is 1.25. The maximum atomic E-state index is 13.2. The normalized spacial score (nSPS) is 10.5. The molecule has 3 nitrogen and oxygen atoms in total. The lowest BCUT2D eigenvalue weighted by atomic mass is 10.3. The number of hydrogen-bond donors (Lipinski definition) is 0. The van der Waals surface area contributed by atoms with Crippen molar-refractivity contribution in [1.29, 1.82) is 0 Å². The monoisotopic (exact) mass is 207 g/mol. The van der Waals surface area contributed by atoms with Crippen molar-refractivity contribution in [2.24, 2.45) is 0 Å². The van der Waals surface area contributed by atoms with E-state index in [4.69, 9.17) is 6.42 Å². The molecular weight excluding hydrogens is 200 g/mol. The van der Waals surface area contributed by atoms with E-state index in [1.54, 1.807) is 0 Å². The summed E-state index contributed by atoms with van der Waals surface area (Å²) < 4.78 is 26.0. The molecule has 1 aromatic carbocycles. The van der Waals surface area contributed by atoms with Gasteiger partial charge < -0.3 is 0 Å². The number of benzene rings is 1. The van der Waals surface area contributed by atoms with Crippen molar-refractivity contribution in [3.63, 3.8) is 0 Å². The molecule has 1 aromatic heterocycles. The van der Waals surface area contributed by atoms with E-state index in [1.807, 2.05) is 0 Å². The predicted molar refractivity (Wildman–Crippen MR) is 50.9 cm³/mol. The molecule has 2 aromatic rings. The molecule has 0 amide bonds. The summed E-state index contributed by atoms with van der Waals surface area (Å²) in [6.45, 7) is 0.395. The number of terminal acetylenes is 1. The molecule has 5 heteroatoms. The standard InChI is InChI=1S/C10H7F2N3/c1-2-3-4-15-13-9-6-7(11)5-8(12)10(9)14-15/h1,5-6H,3-4H2. The Kier molecular flexibility index (Phi) is 2.34. The smallest absolute Gasteiger partial charge is 0.155 e. The Labute approximate surface area is 84.7 Å². The van der Waals surface area contributed by atoms with Gasteiger partial charge in [0.2, 0.25) is 0 Å². The second-order valence-corrected chi connectivity index (χ2v) is 3.01. The van der Waals surface area contributed by atoms with Crippen molar-refractivity contribution in [3.05, 3.63) is 23.8 Å². The van der Waals surface area contributed by atoms with E-state index in [-0.39, 0.29) is 11.0 Å². The molecule has 0 aliphatic rings. The molecule has 0 spiro atoms. The van der Waals surface area contributed by atoms with E-state index in [9.17, 15) is 8.78 Å². The van der Waals surface area contributed by atoms with Gasteiger partial charge in [-0.2, -0.15) is 15.0 Å². The van der Waals surface area contributed by atoms with Crippen LogP contribution in [0, 0.1) is 24.0 Å². The Morgan fingerprint density at radius 3 is 2.87 bits per heavy atom. The summed E-state index contributed by atoms with van der Waals surface area (Å²) in [5.74, 6) is 1.04. The van der Waals surface area contributed by atoms with Gasteiger partial charge in [-0.3, -0.25) is 0 Å². The first-order chi connectivity index (χ1) is 7.20. The van der Waals surface area contributed by atoms with Crippen molar-refractivity contribution in [2.45, 2.75) is 13.0 Å². The summed E-state index contributed by atoms with van der Waals surface area (Å²) >= 11 is 0. The van der Waals surface area contributed by atoms with Crippen molar-refractivity contribution >= 4 is 11.0 Å². The highest BCUT2D eigenvalue weighted by Crippen LogP contribution is 2.15. The Morgan fingerprint density at radius 1 is 1.33 bits per heavy atom. The lowest BCUT2D eigenvalue weighted by Gasteiger charge is -1.91. The van der Waals surface area contributed by atoms with Crippen LogP contribution in [0.25, 0.3) is 11.0 Å². The van der Waals surface area contributed by atoms with Gasteiger partial charge in [0.25, 0.3) is 0 Å². The van der Waals surface area contributed by atoms with Crippen LogP contribution in [-0.4, -0.2) is 15.0 Å². The largest absolute Gasteiger partial charge is 0.207 e. The highest BCUT2D eigenvalue weighted by Gasteiger charge is 2.09. The van der Waals surface area contributed by atoms with E-state index in [0.29, 0.717) is 13.0 Å². The first kappa shape index (κ1) is 9.59. The summed E-state index contributed by atoms with van der Waals surface area (Å²) in [5, 5.41) is 7.76. The van der Waals surface area contributed by atoms with Gasteiger partial charge in [0.15, 0.2) is 5.82 Å². The third kappa shape index (κ3) is 1.79. The van der Waals surface area contributed by atoms with Crippen LogP contribution in [0.1, 0.15) is 6.42 Å². The minimum absolute atomic E-state index is 0.0634. The molecule has 0 unspecified atom stereocenters. The van der Waals surface area contributed by atoms with Gasteiger partial charge in [-0.15, -0.1) is 12.3 Å². The molecule has 2 rings (SSSR count). The number of aromatic nitrogens is 3. The van der Waals surface area contributed by atoms with Crippen LogP contribution in [0.3, 0.4) is 0 Å². The molecule has 15 heavy (non-hydrogen) atoms. The van der Waals surface area contributed by atoms with Gasteiger partial charge in [0.1, 0.15) is 16.9 Å². The summed E-state index contributed by atoms with van der Waals surface area (Å²) in [6, 6.07) is 1.92. The number of rotatable bonds is 2. The lowest BCUT2D eigenvalue weighted by molar-refractivity contribution is 0.551. The molecule has 0 atom stereocenters. The molecule has 0 aliphatic carbocycles. The minimum Gasteiger partial charge on any atom is -0.207 e. The third-order valence-electron chi connectivity index (χ3n) is 1.90. The van der Waals surface area contributed by atoms with E-state index >= 15 is 0 Å². The number of fused-ring (bicyclic) bond motifs is 1. The first-order valence-electron chi connectivity index (χ1n) is 4.34. The van der Waals surface area contributed by atoms with Crippen molar-refractivity contribution < 1.29 is 8.78 Å². The highest BCUT2D eigenvalue weighted by atomic mass is 19.1. The van der Waals surface area contributed by atoms with Crippen LogP contribution < -0.4 is 0 Å². The molecule has 0 fully saturated rings. The molecule has 0 radical (unpaired) electrons. The van der Waals surface area contributed by atoms with Crippen molar-refractivity contribution in [3.8, 4) is 12.3 Å². The van der Waals surface area contributed by atoms with Gasteiger partial charge in [0.05, 0.1) is 6.54 Å². The molecular formula is C10H7F2N3. The predicted octanol–water partition coefficient (Wildman–Crippen LogP) is 1.73. The molecule has 76 valence electrons. The van der Waals surface area contributed by atoms with Crippen LogP contribution in [0.2, 0.25) is 0 Å². The fourth-order valence-corrected chi connectivity index (χ4v) is 1.25. The maximum Gasteiger partial charge on any atom is 0.155 e. The first-order valence-corrected chi connectivity index (χ1v) is 4.34. The average molecular weight is 207 g/mol. The molecule has 0 N–H and O–H groups in total. The van der Waals surface area contributed by atoms with Gasteiger partial charge in [-0.05, 0) is 0 Å². The number of nitrogens with zero attached hydrogens (tertiary/aromatic N) is 3. The number of aryl methyl sites for hydroxylation is 1. The molecule has 0 aliphatic heterocycles. The Morgan fingerprint density at radius 2 is 2.13 bits per heavy atom. The second-order valence-electron chi connectivity index (χ2n) is 3.01. The maximum absolute atomic E-state index is 13.2. The van der Waals surface area contributed by atoms with E-state index in [2.05, 4.69) is 16.1 Å². The average Bonchev–Trinajstić information content (AvgIpc) is 2.57. The second kappa shape index (κ2) is 3.65. The van der Waals surface area contributed by atoms with Crippen LogP contribution in [0.15, 0.2) is 12.1 Å². The third-order valence-corrected chi connectivity index (χ3v) is 1.90. The SMILES string of the molecule is C#CCCn1nc2cc(F)cc(F)c2n1. The highest BCUT2D eigenvalue weighted by molar-refractivity contribution is 5.74. The minimum atomic E-state index is -0.711. The summed E-state index contributed by atoms with van der Waals surface area (Å²) in [5.41, 5.74) is 0.262. The Hall–Kier alpha value is -1.96. The fraction of sp³-hybridized carbons (Fsp3) is 0.200. The summed E-state index contributed by atoms with van der Waals surface area (Å²) in [6.07, 6.45) is 5.52. The van der Waals surface area contributed by atoms with Crippen molar-refractivity contribution in [2.75, 3.05) is 0 Å². The van der Waals surface area contributed by atoms with Crippen molar-refractivity contribution in [1.82, 2.24) is 15.0 Å². The molecule has 0 saturated heterocycles. The zero-order chi connectivity index (χ0) is 10.8. The van der Waals surface area contributed by atoms with Gasteiger partial charge in [-0.1, -0.05) is 0 Å². The molecule has 0 bridgehead atoms. The number of hydrogen-bond acceptors (Lipinski definition) is 2. The quantitative estimate of drug-likeness (QED) is 0.702. The van der Waals surface area contributed by atoms with E-state index in [1.165, 1.54) is 4.80 Å². The van der Waals surface area contributed by atoms with Gasteiger partial charge >= 0.3 is 0 Å². The van der Waals surface area contributed by atoms with Crippen LogP contribution in [0.4, 0.5) is 8.78 Å². The topological polar surface area (TPSA) is 30.7 Å².